The standard InChI is InChI=1S/C25H18ClN3O7/c1-2-35-20-6-4-3-5-19(20)28-23(30)21(26)22(24(28)31)27-16-9-7-15(8-10-16)25(32)36-18-13-11-17(12-14-18)29(33)34/h3-14,27H,2H2,1H3. The smallest absolute Gasteiger partial charge is 0.343 e. The van der Waals surface area contributed by atoms with Gasteiger partial charge < -0.3 is 14.8 Å². The predicted molar refractivity (Wildman–Crippen MR) is 131 cm³/mol. The first-order chi connectivity index (χ1) is 17.3. The second-order valence-corrected chi connectivity index (χ2v) is 7.76. The number of hydrogen-bond donors (Lipinski definition) is 1. The number of esters is 1. The lowest BCUT2D eigenvalue weighted by Gasteiger charge is -2.18. The van der Waals surface area contributed by atoms with Crippen LogP contribution >= 0.6 is 11.6 Å². The number of benzene rings is 3. The Hall–Kier alpha value is -4.70. The van der Waals surface area contributed by atoms with Gasteiger partial charge in [0, 0.05) is 17.8 Å². The van der Waals surface area contributed by atoms with Crippen LogP contribution < -0.4 is 19.7 Å². The van der Waals surface area contributed by atoms with Crippen LogP contribution in [0, 0.1) is 10.1 Å². The van der Waals surface area contributed by atoms with Crippen molar-refractivity contribution in [1.29, 1.82) is 0 Å². The van der Waals surface area contributed by atoms with Gasteiger partial charge in [0.2, 0.25) is 0 Å². The molecule has 0 bridgehead atoms. The van der Waals surface area contributed by atoms with E-state index in [1.807, 2.05) is 0 Å². The highest BCUT2D eigenvalue weighted by molar-refractivity contribution is 6.53. The average Bonchev–Trinajstić information content (AvgIpc) is 3.08. The molecule has 4 rings (SSSR count). The Labute approximate surface area is 209 Å². The van der Waals surface area contributed by atoms with Crippen LogP contribution in [0.15, 0.2) is 83.5 Å². The zero-order valence-corrected chi connectivity index (χ0v) is 19.5. The van der Waals surface area contributed by atoms with E-state index in [4.69, 9.17) is 21.1 Å². The molecule has 182 valence electrons. The van der Waals surface area contributed by atoms with E-state index in [0.717, 1.165) is 4.90 Å². The molecule has 0 aromatic heterocycles. The summed E-state index contributed by atoms with van der Waals surface area (Å²) in [5.74, 6) is -1.52. The van der Waals surface area contributed by atoms with Crippen molar-refractivity contribution >= 4 is 46.4 Å². The first-order valence-electron chi connectivity index (χ1n) is 10.6. The number of halogens is 1. The minimum Gasteiger partial charge on any atom is -0.492 e. The van der Waals surface area contributed by atoms with E-state index in [1.165, 1.54) is 48.5 Å². The van der Waals surface area contributed by atoms with E-state index in [0.29, 0.717) is 18.0 Å². The number of ether oxygens (including phenoxy) is 2. The van der Waals surface area contributed by atoms with Gasteiger partial charge in [0.15, 0.2) is 0 Å². The summed E-state index contributed by atoms with van der Waals surface area (Å²) in [5, 5.41) is 13.3. The van der Waals surface area contributed by atoms with Crippen LogP contribution in [0.3, 0.4) is 0 Å². The summed E-state index contributed by atoms with van der Waals surface area (Å²) in [6.45, 7) is 2.13. The summed E-state index contributed by atoms with van der Waals surface area (Å²) in [7, 11) is 0. The molecular formula is C25H18ClN3O7. The molecule has 10 nitrogen and oxygen atoms in total. The quantitative estimate of drug-likeness (QED) is 0.153. The van der Waals surface area contributed by atoms with Crippen molar-refractivity contribution < 1.29 is 28.8 Å². The van der Waals surface area contributed by atoms with Crippen LogP contribution in [0.1, 0.15) is 17.3 Å². The molecule has 36 heavy (non-hydrogen) atoms. The normalized spacial score (nSPS) is 13.1. The van der Waals surface area contributed by atoms with Crippen molar-refractivity contribution in [2.24, 2.45) is 0 Å². The third-order valence-electron chi connectivity index (χ3n) is 5.08. The van der Waals surface area contributed by atoms with Gasteiger partial charge in [-0.3, -0.25) is 19.7 Å². The molecule has 1 heterocycles. The Balaban J connectivity index is 1.47. The van der Waals surface area contributed by atoms with Gasteiger partial charge in [-0.15, -0.1) is 0 Å². The summed E-state index contributed by atoms with van der Waals surface area (Å²) >= 11 is 6.20. The predicted octanol–water partition coefficient (Wildman–Crippen LogP) is 4.65. The van der Waals surface area contributed by atoms with Crippen molar-refractivity contribution in [3.05, 3.63) is 99.2 Å². The molecule has 0 aliphatic carbocycles. The maximum atomic E-state index is 13.1. The average molecular weight is 508 g/mol. The monoisotopic (exact) mass is 507 g/mol. The fraction of sp³-hybridized carbons (Fsp3) is 0.0800. The lowest BCUT2D eigenvalue weighted by atomic mass is 10.2. The lowest BCUT2D eigenvalue weighted by molar-refractivity contribution is -0.384. The number of nitro benzene ring substituents is 1. The highest BCUT2D eigenvalue weighted by Crippen LogP contribution is 2.35. The van der Waals surface area contributed by atoms with Gasteiger partial charge in [-0.05, 0) is 55.5 Å². The Bertz CT molecular complexity index is 1390. The number of carbonyl (C=O) groups is 3. The van der Waals surface area contributed by atoms with Crippen LogP contribution in [0.2, 0.25) is 0 Å². The summed E-state index contributed by atoms with van der Waals surface area (Å²) in [5.41, 5.74) is 0.622. The van der Waals surface area contributed by atoms with Crippen molar-refractivity contribution in [2.75, 3.05) is 16.8 Å². The van der Waals surface area contributed by atoms with Crippen molar-refractivity contribution in [1.82, 2.24) is 0 Å². The van der Waals surface area contributed by atoms with Gasteiger partial charge in [0.25, 0.3) is 17.5 Å². The van der Waals surface area contributed by atoms with Gasteiger partial charge in [-0.1, -0.05) is 23.7 Å². The van der Waals surface area contributed by atoms with Crippen LogP contribution in [-0.2, 0) is 9.59 Å². The maximum Gasteiger partial charge on any atom is 0.343 e. The number of para-hydroxylation sites is 2. The van der Waals surface area contributed by atoms with Crippen molar-refractivity contribution in [2.45, 2.75) is 6.92 Å². The van der Waals surface area contributed by atoms with Gasteiger partial charge in [-0.2, -0.15) is 0 Å². The first-order valence-corrected chi connectivity index (χ1v) is 11.0. The molecule has 2 amide bonds. The van der Waals surface area contributed by atoms with Crippen LogP contribution in [0.25, 0.3) is 0 Å². The molecule has 0 radical (unpaired) electrons. The molecule has 0 saturated heterocycles. The molecule has 0 spiro atoms. The number of anilines is 2. The molecule has 0 saturated carbocycles. The van der Waals surface area contributed by atoms with Crippen LogP contribution in [0.4, 0.5) is 17.1 Å². The van der Waals surface area contributed by atoms with Gasteiger partial charge >= 0.3 is 5.97 Å². The number of nitrogens with zero attached hydrogens (tertiary/aromatic N) is 2. The zero-order valence-electron chi connectivity index (χ0n) is 18.8. The van der Waals surface area contributed by atoms with E-state index in [2.05, 4.69) is 5.32 Å². The first kappa shape index (κ1) is 24.4. The third kappa shape index (κ3) is 4.89. The highest BCUT2D eigenvalue weighted by Gasteiger charge is 2.40. The number of non-ortho nitro benzene ring substituents is 1. The molecule has 3 aromatic rings. The highest BCUT2D eigenvalue weighted by atomic mass is 35.5. The number of imide groups is 1. The Kier molecular flexibility index (Phi) is 6.98. The fourth-order valence-corrected chi connectivity index (χ4v) is 3.60. The Morgan fingerprint density at radius 2 is 1.67 bits per heavy atom. The number of amides is 2. The van der Waals surface area contributed by atoms with Crippen molar-refractivity contribution in [3.63, 3.8) is 0 Å². The molecule has 1 aliphatic rings. The van der Waals surface area contributed by atoms with Crippen molar-refractivity contribution in [3.8, 4) is 11.5 Å². The minimum absolute atomic E-state index is 0.117. The summed E-state index contributed by atoms with van der Waals surface area (Å²) in [6, 6.07) is 17.6. The Morgan fingerprint density at radius 3 is 2.31 bits per heavy atom. The van der Waals surface area contributed by atoms with E-state index >= 15 is 0 Å². The second kappa shape index (κ2) is 10.3. The summed E-state index contributed by atoms with van der Waals surface area (Å²) in [4.78, 5) is 49.3. The maximum absolute atomic E-state index is 13.1. The zero-order chi connectivity index (χ0) is 25.8. The van der Waals surface area contributed by atoms with E-state index in [-0.39, 0.29) is 33.4 Å². The third-order valence-corrected chi connectivity index (χ3v) is 5.43. The SMILES string of the molecule is CCOc1ccccc1N1C(=O)C(Cl)=C(Nc2ccc(C(=O)Oc3ccc([N+](=O)[O-])cc3)cc2)C1=O. The number of carbonyl (C=O) groups excluding carboxylic acids is 3. The van der Waals surface area contributed by atoms with Crippen LogP contribution in [-0.4, -0.2) is 29.3 Å². The summed E-state index contributed by atoms with van der Waals surface area (Å²) < 4.78 is 10.7. The van der Waals surface area contributed by atoms with E-state index in [9.17, 15) is 24.5 Å². The molecular weight excluding hydrogens is 490 g/mol. The van der Waals surface area contributed by atoms with Gasteiger partial charge in [0.1, 0.15) is 22.2 Å². The molecule has 3 aromatic carbocycles. The Morgan fingerprint density at radius 1 is 1.00 bits per heavy atom. The summed E-state index contributed by atoms with van der Waals surface area (Å²) in [6.07, 6.45) is 0. The topological polar surface area (TPSA) is 128 Å². The van der Waals surface area contributed by atoms with Gasteiger partial charge in [-0.25, -0.2) is 9.69 Å². The molecule has 1 aliphatic heterocycles. The fourth-order valence-electron chi connectivity index (χ4n) is 3.39. The molecule has 0 fully saturated rings. The van der Waals surface area contributed by atoms with E-state index < -0.39 is 22.7 Å². The minimum atomic E-state index is -0.695. The molecule has 1 N–H and O–H groups in total. The number of nitrogens with one attached hydrogen (secondary N) is 1. The number of nitro groups is 1. The number of rotatable bonds is 8. The van der Waals surface area contributed by atoms with E-state index in [1.54, 1.807) is 31.2 Å². The second-order valence-electron chi connectivity index (χ2n) is 7.38. The lowest BCUT2D eigenvalue weighted by Crippen LogP contribution is -2.32. The molecule has 11 heteroatoms. The van der Waals surface area contributed by atoms with Crippen LogP contribution in [0.5, 0.6) is 11.5 Å². The largest absolute Gasteiger partial charge is 0.492 e. The van der Waals surface area contributed by atoms with Gasteiger partial charge in [0.05, 0.1) is 22.8 Å². The number of hydrogen-bond acceptors (Lipinski definition) is 8. The molecule has 0 unspecified atom stereocenters. The molecule has 0 atom stereocenters.